The molecule has 0 radical (unpaired) electrons. The number of ether oxygens (including phenoxy) is 1. The number of hydrogen-bond donors (Lipinski definition) is 5. The summed E-state index contributed by atoms with van der Waals surface area (Å²) in [5.41, 5.74) is 0. The minimum absolute atomic E-state index is 0.725. The second-order valence-corrected chi connectivity index (χ2v) is 4.86. The van der Waals surface area contributed by atoms with Gasteiger partial charge in [0.05, 0.1) is 6.61 Å². The number of carbonyl (C=O) groups excluding carboxylic acids is 1. The number of hydrogen-bond acceptors (Lipinski definition) is 7. The van der Waals surface area contributed by atoms with Gasteiger partial charge in [0, 0.05) is 6.92 Å². The van der Waals surface area contributed by atoms with E-state index in [1.54, 1.807) is 0 Å². The standard InChI is InChI=1S/C8H13BrO7/c1-3(11)8(15)7(9,14)6(13)5(12)4(2-10)16-8/h4-6,10,12-15H,2H2,1H3/t4-,5-,6+,7-,8-/m1/s1. The number of ketones is 1. The van der Waals surface area contributed by atoms with Gasteiger partial charge in [-0.3, -0.25) is 4.79 Å². The number of Topliss-reactive ketones (excluding diaryl/α,β-unsaturated/α-hetero) is 1. The second-order valence-electron chi connectivity index (χ2n) is 3.65. The van der Waals surface area contributed by atoms with Gasteiger partial charge in [-0.25, -0.2) is 0 Å². The number of alkyl halides is 1. The summed E-state index contributed by atoms with van der Waals surface area (Å²) in [6.07, 6.45) is -4.91. The molecule has 0 unspecified atom stereocenters. The fourth-order valence-electron chi connectivity index (χ4n) is 1.48. The minimum atomic E-state index is -2.74. The predicted molar refractivity (Wildman–Crippen MR) is 53.5 cm³/mol. The summed E-state index contributed by atoms with van der Waals surface area (Å²) in [6.45, 7) is 0.210. The molecule has 0 bridgehead atoms. The Morgan fingerprint density at radius 1 is 1.44 bits per heavy atom. The fraction of sp³-hybridized carbons (Fsp3) is 0.875. The molecule has 8 heteroatoms. The Balaban J connectivity index is 3.15. The molecular formula is C8H13BrO7. The van der Waals surface area contributed by atoms with Crippen molar-refractivity contribution >= 4 is 21.7 Å². The van der Waals surface area contributed by atoms with Crippen LogP contribution in [-0.4, -0.2) is 66.5 Å². The number of carbonyl (C=O) groups is 1. The molecule has 1 aliphatic heterocycles. The zero-order valence-electron chi connectivity index (χ0n) is 8.37. The first-order valence-corrected chi connectivity index (χ1v) is 5.27. The van der Waals surface area contributed by atoms with Gasteiger partial charge in [0.2, 0.25) is 4.51 Å². The van der Waals surface area contributed by atoms with Crippen LogP contribution in [0, 0.1) is 0 Å². The summed E-state index contributed by atoms with van der Waals surface area (Å²) in [7, 11) is 0. The Labute approximate surface area is 99.4 Å². The lowest BCUT2D eigenvalue weighted by atomic mass is 9.90. The van der Waals surface area contributed by atoms with Crippen molar-refractivity contribution in [1.82, 2.24) is 0 Å². The van der Waals surface area contributed by atoms with Crippen LogP contribution in [0.2, 0.25) is 0 Å². The van der Waals surface area contributed by atoms with Crippen LogP contribution >= 0.6 is 15.9 Å². The molecule has 5 N–H and O–H groups in total. The van der Waals surface area contributed by atoms with Gasteiger partial charge in [-0.15, -0.1) is 0 Å². The highest BCUT2D eigenvalue weighted by atomic mass is 79.9. The van der Waals surface area contributed by atoms with Crippen LogP contribution in [0.4, 0.5) is 0 Å². The molecule has 0 aliphatic carbocycles. The molecule has 1 heterocycles. The van der Waals surface area contributed by atoms with Gasteiger partial charge in [-0.2, -0.15) is 0 Å². The average molecular weight is 301 g/mol. The molecule has 16 heavy (non-hydrogen) atoms. The molecule has 0 saturated carbocycles. The Hall–Kier alpha value is -0.0900. The maximum atomic E-state index is 11.2. The first-order chi connectivity index (χ1) is 7.18. The van der Waals surface area contributed by atoms with Crippen molar-refractivity contribution in [1.29, 1.82) is 0 Å². The van der Waals surface area contributed by atoms with Gasteiger partial charge in [0.1, 0.15) is 18.3 Å². The Morgan fingerprint density at radius 2 is 1.94 bits per heavy atom. The van der Waals surface area contributed by atoms with E-state index in [-0.39, 0.29) is 0 Å². The monoisotopic (exact) mass is 300 g/mol. The first-order valence-electron chi connectivity index (χ1n) is 4.48. The van der Waals surface area contributed by atoms with Crippen molar-refractivity contribution in [3.63, 3.8) is 0 Å². The molecule has 94 valence electrons. The van der Waals surface area contributed by atoms with Crippen molar-refractivity contribution in [2.75, 3.05) is 6.61 Å². The van der Waals surface area contributed by atoms with Gasteiger partial charge in [0.25, 0.3) is 5.79 Å². The van der Waals surface area contributed by atoms with E-state index in [9.17, 15) is 25.2 Å². The molecule has 0 aromatic rings. The summed E-state index contributed by atoms with van der Waals surface area (Å²) < 4.78 is 2.19. The second kappa shape index (κ2) is 4.30. The molecule has 5 atom stereocenters. The minimum Gasteiger partial charge on any atom is -0.394 e. The summed E-state index contributed by atoms with van der Waals surface area (Å²) in [5, 5.41) is 47.4. The zero-order chi connectivity index (χ0) is 12.7. The Morgan fingerprint density at radius 3 is 2.31 bits per heavy atom. The van der Waals surface area contributed by atoms with Gasteiger partial charge < -0.3 is 30.3 Å². The SMILES string of the molecule is CC(=O)[C@@]1(O)O[C@H](CO)[C@@H](O)[C@H](O)[C@]1(O)Br. The van der Waals surface area contributed by atoms with Crippen LogP contribution < -0.4 is 0 Å². The van der Waals surface area contributed by atoms with Gasteiger partial charge in [-0.1, -0.05) is 0 Å². The van der Waals surface area contributed by atoms with Gasteiger partial charge in [0.15, 0.2) is 5.78 Å². The normalized spacial score (nSPS) is 49.1. The molecular weight excluding hydrogens is 288 g/mol. The highest BCUT2D eigenvalue weighted by Gasteiger charge is 2.64. The summed E-state index contributed by atoms with van der Waals surface area (Å²) in [4.78, 5) is 11.2. The molecule has 1 rings (SSSR count). The summed E-state index contributed by atoms with van der Waals surface area (Å²) in [5.74, 6) is -3.71. The van der Waals surface area contributed by atoms with E-state index < -0.39 is 41.0 Å². The van der Waals surface area contributed by atoms with E-state index in [0.29, 0.717) is 0 Å². The lowest BCUT2D eigenvalue weighted by Crippen LogP contribution is -2.72. The lowest BCUT2D eigenvalue weighted by Gasteiger charge is -2.48. The molecule has 0 aromatic heterocycles. The number of aliphatic hydroxyl groups is 5. The van der Waals surface area contributed by atoms with E-state index in [1.807, 2.05) is 0 Å². The van der Waals surface area contributed by atoms with Crippen LogP contribution in [0.5, 0.6) is 0 Å². The van der Waals surface area contributed by atoms with Crippen LogP contribution in [0.25, 0.3) is 0 Å². The summed E-state index contributed by atoms with van der Waals surface area (Å²) in [6, 6.07) is 0. The largest absolute Gasteiger partial charge is 0.394 e. The number of rotatable bonds is 2. The lowest BCUT2D eigenvalue weighted by molar-refractivity contribution is -0.339. The van der Waals surface area contributed by atoms with E-state index in [1.165, 1.54) is 0 Å². The Bertz CT molecular complexity index is 294. The third kappa shape index (κ3) is 1.80. The van der Waals surface area contributed by atoms with E-state index in [4.69, 9.17) is 9.84 Å². The van der Waals surface area contributed by atoms with Crippen LogP contribution in [-0.2, 0) is 9.53 Å². The van der Waals surface area contributed by atoms with Crippen molar-refractivity contribution in [2.24, 2.45) is 0 Å². The quantitative estimate of drug-likeness (QED) is 0.356. The van der Waals surface area contributed by atoms with E-state index in [0.717, 1.165) is 6.92 Å². The van der Waals surface area contributed by atoms with Crippen molar-refractivity contribution in [2.45, 2.75) is 35.5 Å². The fourth-order valence-corrected chi connectivity index (χ4v) is 2.12. The van der Waals surface area contributed by atoms with Crippen molar-refractivity contribution in [3.8, 4) is 0 Å². The molecule has 0 aromatic carbocycles. The van der Waals surface area contributed by atoms with Crippen LogP contribution in [0.3, 0.4) is 0 Å². The molecule has 0 amide bonds. The summed E-state index contributed by atoms with van der Waals surface area (Å²) >= 11 is 2.55. The smallest absolute Gasteiger partial charge is 0.269 e. The van der Waals surface area contributed by atoms with Crippen molar-refractivity contribution in [3.05, 3.63) is 0 Å². The first kappa shape index (κ1) is 14.0. The molecule has 1 fully saturated rings. The third-order valence-electron chi connectivity index (χ3n) is 2.55. The maximum Gasteiger partial charge on any atom is 0.269 e. The zero-order valence-corrected chi connectivity index (χ0v) is 9.96. The molecule has 0 spiro atoms. The van der Waals surface area contributed by atoms with Crippen LogP contribution in [0.1, 0.15) is 6.92 Å². The van der Waals surface area contributed by atoms with E-state index in [2.05, 4.69) is 15.9 Å². The van der Waals surface area contributed by atoms with Gasteiger partial charge in [-0.05, 0) is 15.9 Å². The topological polar surface area (TPSA) is 127 Å². The van der Waals surface area contributed by atoms with E-state index >= 15 is 0 Å². The molecule has 7 nitrogen and oxygen atoms in total. The van der Waals surface area contributed by atoms with Crippen LogP contribution in [0.15, 0.2) is 0 Å². The average Bonchev–Trinajstić information content (AvgIpc) is 2.21. The molecule has 1 saturated heterocycles. The maximum absolute atomic E-state index is 11.2. The van der Waals surface area contributed by atoms with Crippen molar-refractivity contribution < 1.29 is 35.1 Å². The highest BCUT2D eigenvalue weighted by Crippen LogP contribution is 2.41. The predicted octanol–water partition coefficient (Wildman–Crippen LogP) is -2.54. The Kier molecular flexibility index (Phi) is 3.75. The van der Waals surface area contributed by atoms with Gasteiger partial charge >= 0.3 is 0 Å². The molecule has 1 aliphatic rings. The number of aliphatic hydroxyl groups excluding tert-OH is 3. The highest BCUT2D eigenvalue weighted by molar-refractivity contribution is 9.10. The third-order valence-corrected chi connectivity index (χ3v) is 3.56. The number of halogens is 1.